The Bertz CT molecular complexity index is 938. The van der Waals surface area contributed by atoms with Gasteiger partial charge in [0.2, 0.25) is 0 Å². The summed E-state index contributed by atoms with van der Waals surface area (Å²) < 4.78 is 10.3. The molecule has 2 N–H and O–H groups in total. The van der Waals surface area contributed by atoms with Crippen molar-refractivity contribution >= 4 is 35.0 Å². The van der Waals surface area contributed by atoms with E-state index in [0.29, 0.717) is 11.1 Å². The van der Waals surface area contributed by atoms with E-state index in [0.717, 1.165) is 34.4 Å². The molecule has 0 saturated heterocycles. The second-order valence-electron chi connectivity index (χ2n) is 8.04. The van der Waals surface area contributed by atoms with E-state index < -0.39 is 7.12 Å². The van der Waals surface area contributed by atoms with Crippen LogP contribution in [0.5, 0.6) is 0 Å². The molecule has 6 nitrogen and oxygen atoms in total. The van der Waals surface area contributed by atoms with Gasteiger partial charge in [0.05, 0.1) is 25.3 Å². The summed E-state index contributed by atoms with van der Waals surface area (Å²) in [5, 5.41) is 16.5. The predicted octanol–water partition coefficient (Wildman–Crippen LogP) is 4.83. The van der Waals surface area contributed by atoms with Crippen molar-refractivity contribution in [2.45, 2.75) is 51.3 Å². The van der Waals surface area contributed by atoms with Gasteiger partial charge in [0, 0.05) is 4.47 Å². The Balaban J connectivity index is 0.000000183. The fourth-order valence-corrected chi connectivity index (χ4v) is 3.53. The molecular formula is C24H30BBrO6. The lowest BCUT2D eigenvalue weighted by atomic mass is 9.84. The summed E-state index contributed by atoms with van der Waals surface area (Å²) in [4.78, 5) is 22.4. The molecule has 32 heavy (non-hydrogen) atoms. The van der Waals surface area contributed by atoms with Crippen molar-refractivity contribution < 1.29 is 29.1 Å². The molecule has 8 heteroatoms. The molecule has 4 rings (SSSR count). The number of rotatable bonds is 4. The van der Waals surface area contributed by atoms with E-state index in [2.05, 4.69) is 26.7 Å². The van der Waals surface area contributed by atoms with Crippen molar-refractivity contribution in [1.29, 1.82) is 0 Å². The molecule has 0 unspecified atom stereocenters. The standard InChI is InChI=1S/C12H14O2.C9H9BrO2.C3H7BO2/c1-8-7-10(9-3-4-9)5-6-11(8)12(13)14-2;1-6-5-7(10)3-4-8(6)9(11)12-2;5-4(6)3-1-2-3/h5-7,9H,3-4H2,1-2H3;3-5H,1-2H3;3,5-6H,1-2H2. The maximum absolute atomic E-state index is 11.3. The van der Waals surface area contributed by atoms with Gasteiger partial charge in [-0.3, -0.25) is 0 Å². The van der Waals surface area contributed by atoms with Crippen LogP contribution in [-0.4, -0.2) is 43.3 Å². The third-order valence-electron chi connectivity index (χ3n) is 5.34. The highest BCUT2D eigenvalue weighted by molar-refractivity contribution is 9.10. The van der Waals surface area contributed by atoms with Crippen molar-refractivity contribution in [1.82, 2.24) is 0 Å². The van der Waals surface area contributed by atoms with Crippen LogP contribution in [0.15, 0.2) is 40.9 Å². The minimum atomic E-state index is -1.04. The van der Waals surface area contributed by atoms with Gasteiger partial charge in [0.1, 0.15) is 0 Å². The van der Waals surface area contributed by atoms with Crippen molar-refractivity contribution in [2.24, 2.45) is 0 Å². The second-order valence-corrected chi connectivity index (χ2v) is 8.96. The highest BCUT2D eigenvalue weighted by atomic mass is 79.9. The van der Waals surface area contributed by atoms with E-state index in [1.54, 1.807) is 6.07 Å². The van der Waals surface area contributed by atoms with Crippen LogP contribution < -0.4 is 0 Å². The minimum Gasteiger partial charge on any atom is -0.465 e. The number of halogens is 1. The number of hydrogen-bond acceptors (Lipinski definition) is 6. The number of hydrogen-bond donors (Lipinski definition) is 2. The molecule has 0 aliphatic heterocycles. The van der Waals surface area contributed by atoms with Gasteiger partial charge >= 0.3 is 19.1 Å². The number of esters is 2. The normalized spacial score (nSPS) is 14.2. The molecule has 0 radical (unpaired) electrons. The lowest BCUT2D eigenvalue weighted by Gasteiger charge is -2.05. The van der Waals surface area contributed by atoms with Gasteiger partial charge < -0.3 is 19.5 Å². The quantitative estimate of drug-likeness (QED) is 0.457. The Morgan fingerprint density at radius 1 is 0.875 bits per heavy atom. The minimum absolute atomic E-state index is 0.213. The SMILES string of the molecule is COC(=O)c1ccc(Br)cc1C.COC(=O)c1ccc(C2CC2)cc1C.OB(O)C1CC1. The third-order valence-corrected chi connectivity index (χ3v) is 5.84. The average Bonchev–Trinajstić information content (AvgIpc) is 3.66. The summed E-state index contributed by atoms with van der Waals surface area (Å²) in [5.74, 6) is 0.412. The van der Waals surface area contributed by atoms with Crippen LogP contribution in [0.3, 0.4) is 0 Å². The molecule has 2 aromatic carbocycles. The molecule has 2 aliphatic carbocycles. The van der Waals surface area contributed by atoms with Gasteiger partial charge in [-0.05, 0) is 79.4 Å². The Morgan fingerprint density at radius 3 is 1.72 bits per heavy atom. The summed E-state index contributed by atoms with van der Waals surface area (Å²) in [5.41, 5.74) is 4.57. The second kappa shape index (κ2) is 12.2. The van der Waals surface area contributed by atoms with Gasteiger partial charge in [0.25, 0.3) is 0 Å². The van der Waals surface area contributed by atoms with Crippen LogP contribution in [0.1, 0.15) is 69.0 Å². The first-order chi connectivity index (χ1) is 15.2. The Labute approximate surface area is 198 Å². The smallest absolute Gasteiger partial charge is 0.454 e. The maximum atomic E-state index is 11.3. The highest BCUT2D eigenvalue weighted by Crippen LogP contribution is 2.40. The van der Waals surface area contributed by atoms with Crippen molar-refractivity contribution in [3.63, 3.8) is 0 Å². The molecular weight excluding hydrogens is 475 g/mol. The number of ether oxygens (including phenoxy) is 2. The fourth-order valence-electron chi connectivity index (χ4n) is 3.06. The lowest BCUT2D eigenvalue weighted by Crippen LogP contribution is -2.09. The molecule has 0 atom stereocenters. The zero-order valence-electron chi connectivity index (χ0n) is 18.9. The Hall–Kier alpha value is -2.16. The lowest BCUT2D eigenvalue weighted by molar-refractivity contribution is 0.0591. The largest absolute Gasteiger partial charge is 0.465 e. The monoisotopic (exact) mass is 504 g/mol. The summed E-state index contributed by atoms with van der Waals surface area (Å²) >= 11 is 3.32. The van der Waals surface area contributed by atoms with Crippen LogP contribution in [0.25, 0.3) is 0 Å². The number of methoxy groups -OCH3 is 2. The van der Waals surface area contributed by atoms with E-state index >= 15 is 0 Å². The number of carbonyl (C=O) groups is 2. The first-order valence-electron chi connectivity index (χ1n) is 10.6. The van der Waals surface area contributed by atoms with E-state index in [1.807, 2.05) is 38.1 Å². The van der Waals surface area contributed by atoms with Crippen molar-refractivity contribution in [3.05, 3.63) is 68.7 Å². The zero-order valence-corrected chi connectivity index (χ0v) is 20.5. The third kappa shape index (κ3) is 8.08. The number of benzene rings is 2. The molecule has 0 spiro atoms. The molecule has 2 aliphatic rings. The maximum Gasteiger partial charge on any atom is 0.454 e. The molecule has 0 bridgehead atoms. The molecule has 172 valence electrons. The first-order valence-corrected chi connectivity index (χ1v) is 11.4. The Morgan fingerprint density at radius 2 is 1.38 bits per heavy atom. The van der Waals surface area contributed by atoms with Gasteiger partial charge in [-0.2, -0.15) is 0 Å². The molecule has 2 aromatic rings. The van der Waals surface area contributed by atoms with E-state index in [1.165, 1.54) is 32.6 Å². The summed E-state index contributed by atoms with van der Waals surface area (Å²) in [7, 11) is 1.76. The van der Waals surface area contributed by atoms with Crippen LogP contribution >= 0.6 is 15.9 Å². The van der Waals surface area contributed by atoms with Gasteiger partial charge in [-0.15, -0.1) is 0 Å². The van der Waals surface area contributed by atoms with E-state index in [-0.39, 0.29) is 17.8 Å². The topological polar surface area (TPSA) is 93.1 Å². The fraction of sp³-hybridized carbons (Fsp3) is 0.417. The molecule has 0 amide bonds. The average molecular weight is 505 g/mol. The first kappa shape index (κ1) is 26.1. The van der Waals surface area contributed by atoms with Crippen LogP contribution in [-0.2, 0) is 9.47 Å². The van der Waals surface area contributed by atoms with E-state index in [4.69, 9.17) is 14.8 Å². The molecule has 0 aromatic heterocycles. The zero-order chi connectivity index (χ0) is 23.8. The summed E-state index contributed by atoms with van der Waals surface area (Å²) in [6.07, 6.45) is 4.57. The molecule has 0 heterocycles. The molecule has 2 fully saturated rings. The van der Waals surface area contributed by atoms with Crippen molar-refractivity contribution in [2.75, 3.05) is 14.2 Å². The highest BCUT2D eigenvalue weighted by Gasteiger charge is 2.33. The van der Waals surface area contributed by atoms with Crippen LogP contribution in [0.2, 0.25) is 5.82 Å². The van der Waals surface area contributed by atoms with Gasteiger partial charge in [0.15, 0.2) is 0 Å². The number of carbonyl (C=O) groups excluding carboxylic acids is 2. The van der Waals surface area contributed by atoms with Gasteiger partial charge in [-0.25, -0.2) is 9.59 Å². The predicted molar refractivity (Wildman–Crippen MR) is 128 cm³/mol. The van der Waals surface area contributed by atoms with Crippen LogP contribution in [0.4, 0.5) is 0 Å². The summed E-state index contributed by atoms with van der Waals surface area (Å²) in [6.45, 7) is 3.83. The molecule has 2 saturated carbocycles. The Kier molecular flexibility index (Phi) is 9.94. The number of aryl methyl sites for hydroxylation is 2. The summed E-state index contributed by atoms with van der Waals surface area (Å²) in [6, 6.07) is 11.5. The van der Waals surface area contributed by atoms with Crippen LogP contribution in [0, 0.1) is 13.8 Å². The van der Waals surface area contributed by atoms with Crippen molar-refractivity contribution in [3.8, 4) is 0 Å². The van der Waals surface area contributed by atoms with Gasteiger partial charge in [-0.1, -0.05) is 40.9 Å². The van der Waals surface area contributed by atoms with E-state index in [9.17, 15) is 9.59 Å².